The molecule has 0 aliphatic heterocycles. The summed E-state index contributed by atoms with van der Waals surface area (Å²) in [5, 5.41) is 0. The van der Waals surface area contributed by atoms with E-state index in [1.807, 2.05) is 14.2 Å². The van der Waals surface area contributed by atoms with Gasteiger partial charge in [-0.05, 0) is 105 Å². The molecule has 0 amide bonds. The van der Waals surface area contributed by atoms with Crippen LogP contribution < -0.4 is 9.47 Å². The largest absolute Gasteiger partial charge is 0.496 e. The Morgan fingerprint density at radius 3 is 1.57 bits per heavy atom. The number of hydrogen-bond donors (Lipinski definition) is 0. The van der Waals surface area contributed by atoms with Gasteiger partial charge in [0.2, 0.25) is 0 Å². The summed E-state index contributed by atoms with van der Waals surface area (Å²) in [6, 6.07) is 0. The molecule has 195 valence electrons. The average Bonchev–Trinajstić information content (AvgIpc) is 2.85. The molecule has 0 saturated heterocycles. The van der Waals surface area contributed by atoms with Crippen LogP contribution in [0.1, 0.15) is 113 Å². The third-order valence-corrected chi connectivity index (χ3v) is 9.86. The van der Waals surface area contributed by atoms with Gasteiger partial charge in [-0.25, -0.2) is 0 Å². The van der Waals surface area contributed by atoms with Gasteiger partial charge in [-0.1, -0.05) is 45.4 Å². The van der Waals surface area contributed by atoms with E-state index in [0.717, 1.165) is 47.5 Å². The standard InChI is InChI=1S/C32H51O2.Y/c1-22-11-13-27(14-12-22)20-29-23(2)31(33-4)30(32(34-5)24(29)3)21-28-17-15-26(16-18-28)19-25-9-7-6-8-10-25;/h6,22,25-28H,7-21H2,1-5H3;/q-1;. The molecule has 3 heteroatoms. The Kier molecular flexibility index (Phi) is 11.9. The van der Waals surface area contributed by atoms with E-state index in [0.29, 0.717) is 0 Å². The van der Waals surface area contributed by atoms with E-state index in [2.05, 4.69) is 27.2 Å². The van der Waals surface area contributed by atoms with E-state index in [4.69, 9.17) is 9.47 Å². The van der Waals surface area contributed by atoms with Gasteiger partial charge >= 0.3 is 0 Å². The molecule has 0 heterocycles. The zero-order chi connectivity index (χ0) is 24.1. The van der Waals surface area contributed by atoms with Gasteiger partial charge in [0.05, 0.1) is 14.2 Å². The first-order valence-corrected chi connectivity index (χ1v) is 14.5. The Balaban J connectivity index is 0.00000342. The van der Waals surface area contributed by atoms with Crippen LogP contribution in [0.5, 0.6) is 11.5 Å². The van der Waals surface area contributed by atoms with E-state index in [-0.39, 0.29) is 32.7 Å². The molecule has 3 aliphatic rings. The van der Waals surface area contributed by atoms with E-state index < -0.39 is 0 Å². The van der Waals surface area contributed by atoms with Crippen molar-refractivity contribution >= 4 is 0 Å². The summed E-state index contributed by atoms with van der Waals surface area (Å²) in [7, 11) is 3.73. The smallest absolute Gasteiger partial charge is 0.128 e. The minimum Gasteiger partial charge on any atom is -0.496 e. The van der Waals surface area contributed by atoms with Crippen LogP contribution in [0.4, 0.5) is 0 Å². The van der Waals surface area contributed by atoms with Gasteiger partial charge in [0.15, 0.2) is 0 Å². The van der Waals surface area contributed by atoms with Crippen LogP contribution in [0.15, 0.2) is 0 Å². The maximum Gasteiger partial charge on any atom is 0.128 e. The van der Waals surface area contributed by atoms with Crippen molar-refractivity contribution in [2.45, 2.75) is 117 Å². The molecule has 0 N–H and O–H groups in total. The van der Waals surface area contributed by atoms with Gasteiger partial charge in [0.1, 0.15) is 11.5 Å². The Bertz CT molecular complexity index is 750. The number of hydrogen-bond acceptors (Lipinski definition) is 2. The summed E-state index contributed by atoms with van der Waals surface area (Å²) in [5.74, 6) is 6.67. The minimum atomic E-state index is 0. The zero-order valence-corrected chi connectivity index (χ0v) is 26.3. The van der Waals surface area contributed by atoms with Crippen molar-refractivity contribution in [3.63, 3.8) is 0 Å². The Morgan fingerprint density at radius 2 is 1.06 bits per heavy atom. The Hall–Kier alpha value is -0.0761. The Morgan fingerprint density at radius 1 is 0.629 bits per heavy atom. The maximum absolute atomic E-state index is 6.10. The van der Waals surface area contributed by atoms with Crippen LogP contribution in [0.3, 0.4) is 0 Å². The summed E-state index contributed by atoms with van der Waals surface area (Å²) >= 11 is 0. The molecule has 0 spiro atoms. The summed E-state index contributed by atoms with van der Waals surface area (Å²) in [6.45, 7) is 7.01. The predicted molar refractivity (Wildman–Crippen MR) is 144 cm³/mol. The monoisotopic (exact) mass is 556 g/mol. The maximum atomic E-state index is 6.10. The molecule has 1 radical (unpaired) electrons. The van der Waals surface area contributed by atoms with E-state index in [1.165, 1.54) is 112 Å². The molecule has 3 saturated carbocycles. The number of rotatable bonds is 8. The minimum absolute atomic E-state index is 0. The first kappa shape index (κ1) is 29.5. The summed E-state index contributed by atoms with van der Waals surface area (Å²) < 4.78 is 12.2. The molecule has 0 unspecified atom stereocenters. The average molecular weight is 557 g/mol. The molecular formula is C32H51O2Y-. The van der Waals surface area contributed by atoms with E-state index >= 15 is 0 Å². The number of methoxy groups -OCH3 is 2. The van der Waals surface area contributed by atoms with Crippen LogP contribution >= 0.6 is 0 Å². The number of ether oxygens (including phenoxy) is 2. The first-order valence-electron chi connectivity index (χ1n) is 14.5. The van der Waals surface area contributed by atoms with Gasteiger partial charge in [0.25, 0.3) is 0 Å². The Labute approximate surface area is 242 Å². The molecule has 1 aromatic carbocycles. The van der Waals surface area contributed by atoms with Crippen LogP contribution in [-0.4, -0.2) is 14.2 Å². The molecule has 0 atom stereocenters. The van der Waals surface area contributed by atoms with Gasteiger partial charge < -0.3 is 15.9 Å². The van der Waals surface area contributed by atoms with Gasteiger partial charge in [-0.2, -0.15) is 12.8 Å². The number of benzene rings is 1. The molecule has 3 aliphatic carbocycles. The van der Waals surface area contributed by atoms with Crippen molar-refractivity contribution in [2.24, 2.45) is 29.6 Å². The van der Waals surface area contributed by atoms with Crippen LogP contribution in [-0.2, 0) is 45.6 Å². The second-order valence-corrected chi connectivity index (χ2v) is 12.2. The molecule has 3 fully saturated rings. The molecule has 1 aromatic rings. The molecule has 4 rings (SSSR count). The van der Waals surface area contributed by atoms with Crippen molar-refractivity contribution in [3.8, 4) is 11.5 Å². The van der Waals surface area contributed by atoms with E-state index in [9.17, 15) is 0 Å². The van der Waals surface area contributed by atoms with Crippen molar-refractivity contribution < 1.29 is 42.2 Å². The van der Waals surface area contributed by atoms with Crippen molar-refractivity contribution in [1.29, 1.82) is 0 Å². The second-order valence-electron chi connectivity index (χ2n) is 12.2. The third-order valence-electron chi connectivity index (χ3n) is 9.86. The summed E-state index contributed by atoms with van der Waals surface area (Å²) in [4.78, 5) is 0. The normalized spacial score (nSPS) is 27.8. The molecule has 35 heavy (non-hydrogen) atoms. The summed E-state index contributed by atoms with van der Waals surface area (Å²) in [5.41, 5.74) is 5.58. The topological polar surface area (TPSA) is 18.5 Å². The van der Waals surface area contributed by atoms with Crippen molar-refractivity contribution in [2.75, 3.05) is 14.2 Å². The van der Waals surface area contributed by atoms with Crippen LogP contribution in [0, 0.1) is 49.9 Å². The van der Waals surface area contributed by atoms with Crippen LogP contribution in [0.25, 0.3) is 0 Å². The van der Waals surface area contributed by atoms with Gasteiger partial charge in [0, 0.05) is 38.3 Å². The predicted octanol–water partition coefficient (Wildman–Crippen LogP) is 8.82. The first-order chi connectivity index (χ1) is 16.5. The van der Waals surface area contributed by atoms with Gasteiger partial charge in [-0.3, -0.25) is 0 Å². The quantitative estimate of drug-likeness (QED) is 0.298. The van der Waals surface area contributed by atoms with E-state index in [1.54, 1.807) is 0 Å². The zero-order valence-electron chi connectivity index (χ0n) is 23.5. The summed E-state index contributed by atoms with van der Waals surface area (Å²) in [6.07, 6.45) is 23.0. The fraction of sp³-hybridized carbons (Fsp3) is 0.781. The van der Waals surface area contributed by atoms with Crippen molar-refractivity contribution in [1.82, 2.24) is 0 Å². The molecule has 0 bridgehead atoms. The molecule has 0 aromatic heterocycles. The molecular weight excluding hydrogens is 505 g/mol. The van der Waals surface area contributed by atoms with Crippen LogP contribution in [0.2, 0.25) is 0 Å². The van der Waals surface area contributed by atoms with Crippen molar-refractivity contribution in [3.05, 3.63) is 28.7 Å². The SMILES string of the molecule is COc1c(C)c(CC2CCC(C)CC2)c(C)c(OC)c1CC1CCC(CC2CC[CH-]CC2)CC1.[Y]. The fourth-order valence-electron chi connectivity index (χ4n) is 7.64. The third kappa shape index (κ3) is 7.49. The second kappa shape index (κ2) is 14.2. The van der Waals surface area contributed by atoms with Gasteiger partial charge in [-0.15, -0.1) is 0 Å². The molecule has 2 nitrogen and oxygen atoms in total. The fourth-order valence-corrected chi connectivity index (χ4v) is 7.64.